The first-order valence-electron chi connectivity index (χ1n) is 6.46. The zero-order valence-corrected chi connectivity index (χ0v) is 12.6. The van der Waals surface area contributed by atoms with Crippen LogP contribution in [0.4, 0.5) is 5.69 Å². The quantitative estimate of drug-likeness (QED) is 0.824. The minimum Gasteiger partial charge on any atom is -0.394 e. The van der Waals surface area contributed by atoms with Gasteiger partial charge < -0.3 is 15.3 Å². The van der Waals surface area contributed by atoms with E-state index in [4.69, 9.17) is 5.11 Å². The molecule has 2 heterocycles. The van der Waals surface area contributed by atoms with Gasteiger partial charge in [-0.15, -0.1) is 0 Å². The Hall–Kier alpha value is -0.920. The summed E-state index contributed by atoms with van der Waals surface area (Å²) in [6.45, 7) is 1.93. The molecule has 2 N–H and O–H groups in total. The average molecular weight is 331 g/mol. The number of aliphatic hydroxyl groups excluding tert-OH is 1. The first kappa shape index (κ1) is 14.5. The summed E-state index contributed by atoms with van der Waals surface area (Å²) in [4.78, 5) is 14.2. The van der Waals surface area contributed by atoms with Gasteiger partial charge in [0.2, 0.25) is 0 Å². The molecule has 6 nitrogen and oxygen atoms in total. The number of nitrogens with one attached hydrogen (secondary N) is 1. The zero-order valence-electron chi connectivity index (χ0n) is 11.0. The second kappa shape index (κ2) is 6.49. The molecular weight excluding hydrogens is 312 g/mol. The molecule has 0 saturated carbocycles. The molecule has 0 aliphatic carbocycles. The molecule has 1 atom stereocenters. The number of hydrogen-bond donors (Lipinski definition) is 2. The van der Waals surface area contributed by atoms with Gasteiger partial charge in [-0.25, -0.2) is 4.68 Å². The topological polar surface area (TPSA) is 70.4 Å². The maximum atomic E-state index is 12.1. The van der Waals surface area contributed by atoms with Crippen LogP contribution in [0.1, 0.15) is 12.8 Å². The van der Waals surface area contributed by atoms with Crippen LogP contribution < -0.4 is 15.8 Å². The van der Waals surface area contributed by atoms with Crippen molar-refractivity contribution in [1.82, 2.24) is 15.1 Å². The Kier molecular flexibility index (Phi) is 4.95. The summed E-state index contributed by atoms with van der Waals surface area (Å²) >= 11 is 3.36. The monoisotopic (exact) mass is 330 g/mol. The van der Waals surface area contributed by atoms with Crippen LogP contribution in [0.15, 0.2) is 15.5 Å². The zero-order chi connectivity index (χ0) is 13.8. The first-order valence-corrected chi connectivity index (χ1v) is 7.25. The van der Waals surface area contributed by atoms with Gasteiger partial charge in [-0.2, -0.15) is 5.10 Å². The summed E-state index contributed by atoms with van der Waals surface area (Å²) in [5, 5.41) is 16.3. The van der Waals surface area contributed by atoms with Crippen LogP contribution >= 0.6 is 15.9 Å². The number of rotatable bonds is 4. The predicted molar refractivity (Wildman–Crippen MR) is 77.6 cm³/mol. The molecule has 0 spiro atoms. The van der Waals surface area contributed by atoms with Crippen LogP contribution in [0.2, 0.25) is 0 Å². The molecule has 0 amide bonds. The van der Waals surface area contributed by atoms with Crippen molar-refractivity contribution in [3.63, 3.8) is 0 Å². The number of likely N-dealkylation sites (N-methyl/N-ethyl adjacent to an activating group) is 1. The Morgan fingerprint density at radius 2 is 2.42 bits per heavy atom. The summed E-state index contributed by atoms with van der Waals surface area (Å²) in [7, 11) is 1.96. The number of aromatic nitrogens is 2. The lowest BCUT2D eigenvalue weighted by molar-refractivity contribution is 0.266. The van der Waals surface area contributed by atoms with Gasteiger partial charge in [0.25, 0.3) is 5.56 Å². The average Bonchev–Trinajstić information content (AvgIpc) is 2.44. The lowest BCUT2D eigenvalue weighted by atomic mass is 10.1. The first-order chi connectivity index (χ1) is 9.17. The highest BCUT2D eigenvalue weighted by Gasteiger charge is 2.22. The second-order valence-electron chi connectivity index (χ2n) is 4.67. The Balaban J connectivity index is 2.25. The van der Waals surface area contributed by atoms with Gasteiger partial charge in [0, 0.05) is 19.1 Å². The van der Waals surface area contributed by atoms with E-state index in [0.717, 1.165) is 31.6 Å². The third-order valence-electron chi connectivity index (χ3n) is 3.45. The van der Waals surface area contributed by atoms with Crippen molar-refractivity contribution in [2.45, 2.75) is 25.4 Å². The van der Waals surface area contributed by atoms with Crippen LogP contribution in [0.3, 0.4) is 0 Å². The molecule has 1 aliphatic rings. The summed E-state index contributed by atoms with van der Waals surface area (Å²) in [6.07, 6.45) is 3.94. The van der Waals surface area contributed by atoms with Gasteiger partial charge in [-0.3, -0.25) is 4.79 Å². The highest BCUT2D eigenvalue weighted by molar-refractivity contribution is 9.10. The van der Waals surface area contributed by atoms with E-state index in [0.29, 0.717) is 10.5 Å². The van der Waals surface area contributed by atoms with E-state index in [1.165, 1.54) is 4.68 Å². The Bertz CT molecular complexity index is 491. The largest absolute Gasteiger partial charge is 0.394 e. The molecule has 0 bridgehead atoms. The van der Waals surface area contributed by atoms with Crippen molar-refractivity contribution < 1.29 is 5.11 Å². The fraction of sp³-hybridized carbons (Fsp3) is 0.667. The maximum Gasteiger partial charge on any atom is 0.283 e. The fourth-order valence-corrected chi connectivity index (χ4v) is 2.92. The summed E-state index contributed by atoms with van der Waals surface area (Å²) < 4.78 is 1.79. The van der Waals surface area contributed by atoms with E-state index < -0.39 is 0 Å². The Morgan fingerprint density at radius 3 is 3.11 bits per heavy atom. The molecule has 1 aliphatic heterocycles. The van der Waals surface area contributed by atoms with Crippen molar-refractivity contribution in [2.24, 2.45) is 0 Å². The Labute approximate surface area is 120 Å². The number of piperidine rings is 1. The van der Waals surface area contributed by atoms with Crippen LogP contribution in [-0.2, 0) is 6.54 Å². The number of hydrogen-bond acceptors (Lipinski definition) is 5. The van der Waals surface area contributed by atoms with E-state index >= 15 is 0 Å². The van der Waals surface area contributed by atoms with Crippen LogP contribution in [-0.4, -0.2) is 47.7 Å². The lowest BCUT2D eigenvalue weighted by Crippen LogP contribution is -2.45. The highest BCUT2D eigenvalue weighted by atomic mass is 79.9. The summed E-state index contributed by atoms with van der Waals surface area (Å²) in [6, 6.07) is 0.445. The van der Waals surface area contributed by atoms with E-state index in [1.807, 2.05) is 7.05 Å². The van der Waals surface area contributed by atoms with Crippen molar-refractivity contribution >= 4 is 21.6 Å². The van der Waals surface area contributed by atoms with Gasteiger partial charge in [0.15, 0.2) is 0 Å². The third kappa shape index (κ3) is 3.16. The molecule has 7 heteroatoms. The van der Waals surface area contributed by atoms with E-state index in [1.54, 1.807) is 6.20 Å². The highest BCUT2D eigenvalue weighted by Crippen LogP contribution is 2.24. The number of halogens is 1. The predicted octanol–water partition coefficient (Wildman–Crippen LogP) is 0.186. The van der Waals surface area contributed by atoms with Crippen LogP contribution in [0, 0.1) is 0 Å². The molecule has 1 fully saturated rings. The molecule has 0 radical (unpaired) electrons. The second-order valence-corrected chi connectivity index (χ2v) is 5.46. The van der Waals surface area contributed by atoms with Gasteiger partial charge in [0.1, 0.15) is 4.47 Å². The van der Waals surface area contributed by atoms with Gasteiger partial charge in [0.05, 0.1) is 25.0 Å². The lowest BCUT2D eigenvalue weighted by Gasteiger charge is -2.34. The number of nitrogens with zero attached hydrogens (tertiary/aromatic N) is 3. The Morgan fingerprint density at radius 1 is 1.63 bits per heavy atom. The molecule has 1 aromatic heterocycles. The van der Waals surface area contributed by atoms with Gasteiger partial charge in [-0.05, 0) is 35.8 Å². The molecule has 19 heavy (non-hydrogen) atoms. The molecule has 1 unspecified atom stereocenters. The minimum atomic E-state index is -0.196. The van der Waals surface area contributed by atoms with E-state index in [2.05, 4.69) is 31.2 Å². The van der Waals surface area contributed by atoms with E-state index in [9.17, 15) is 4.79 Å². The molecule has 2 rings (SSSR count). The van der Waals surface area contributed by atoms with Gasteiger partial charge >= 0.3 is 0 Å². The van der Waals surface area contributed by atoms with Crippen molar-refractivity contribution in [2.75, 3.05) is 31.6 Å². The van der Waals surface area contributed by atoms with Crippen LogP contribution in [0.25, 0.3) is 0 Å². The smallest absolute Gasteiger partial charge is 0.283 e. The van der Waals surface area contributed by atoms with Gasteiger partial charge in [-0.1, -0.05) is 0 Å². The van der Waals surface area contributed by atoms with Crippen molar-refractivity contribution in [3.05, 3.63) is 21.0 Å². The molecular formula is C12H19BrN4O2. The van der Waals surface area contributed by atoms with E-state index in [-0.39, 0.29) is 18.7 Å². The van der Waals surface area contributed by atoms with Crippen LogP contribution in [0.5, 0.6) is 0 Å². The van der Waals surface area contributed by atoms with Crippen molar-refractivity contribution in [3.8, 4) is 0 Å². The molecule has 0 aromatic carbocycles. The maximum absolute atomic E-state index is 12.1. The number of aliphatic hydroxyl groups is 1. The SMILES string of the molecule is CNC1CCCN(c2cnn(CCO)c(=O)c2Br)C1. The summed E-state index contributed by atoms with van der Waals surface area (Å²) in [5.41, 5.74) is 0.636. The third-order valence-corrected chi connectivity index (χ3v) is 4.19. The fourth-order valence-electron chi connectivity index (χ4n) is 2.36. The standard InChI is InChI=1S/C12H19BrN4O2/c1-14-9-3-2-4-16(8-9)10-7-15-17(5-6-18)12(19)11(10)13/h7,9,14,18H,2-6,8H2,1H3. The summed E-state index contributed by atoms with van der Waals surface area (Å²) in [5.74, 6) is 0. The molecule has 106 valence electrons. The van der Waals surface area contributed by atoms with Crippen molar-refractivity contribution in [1.29, 1.82) is 0 Å². The normalized spacial score (nSPS) is 19.7. The molecule has 1 aromatic rings. The molecule has 1 saturated heterocycles. The minimum absolute atomic E-state index is 0.0930. The number of anilines is 1.